The van der Waals surface area contributed by atoms with Crippen molar-refractivity contribution >= 4 is 43.6 Å². The van der Waals surface area contributed by atoms with Crippen molar-refractivity contribution in [2.24, 2.45) is 0 Å². The van der Waals surface area contributed by atoms with Gasteiger partial charge in [0.2, 0.25) is 0 Å². The topological polar surface area (TPSA) is 9.86 Å². The molecule has 0 aliphatic heterocycles. The second-order valence-electron chi connectivity index (χ2n) is 21.4. The van der Waals surface area contributed by atoms with Crippen molar-refractivity contribution < 1.29 is 0 Å². The van der Waals surface area contributed by atoms with Crippen LogP contribution < -0.4 is 0 Å². The molecular formula is C76H50N2. The third-order valence-corrected chi connectivity index (χ3v) is 18.2. The van der Waals surface area contributed by atoms with E-state index in [2.05, 4.69) is 276 Å². The molecule has 0 amide bonds. The van der Waals surface area contributed by atoms with Crippen LogP contribution in [0.3, 0.4) is 0 Å². The molecule has 18 rings (SSSR count). The summed E-state index contributed by atoms with van der Waals surface area (Å²) in [5, 5.41) is 4.98. The molecule has 0 atom stereocenters. The van der Waals surface area contributed by atoms with Crippen molar-refractivity contribution in [2.45, 2.75) is 24.7 Å². The molecule has 2 spiro atoms. The lowest BCUT2D eigenvalue weighted by molar-refractivity contribution is 0.792. The molecule has 2 heterocycles. The third kappa shape index (κ3) is 5.32. The Bertz CT molecular complexity index is 4790. The Morgan fingerprint density at radius 3 is 0.962 bits per heavy atom. The van der Waals surface area contributed by atoms with E-state index in [4.69, 9.17) is 0 Å². The summed E-state index contributed by atoms with van der Waals surface area (Å²) in [5.74, 6) is 0. The fourth-order valence-corrected chi connectivity index (χ4v) is 15.3. The number of hydrogen-bond donors (Lipinski definition) is 0. The van der Waals surface area contributed by atoms with Crippen LogP contribution in [0, 0.1) is 0 Å². The molecule has 4 aliphatic rings. The lowest BCUT2D eigenvalue weighted by atomic mass is 9.70. The first-order valence-corrected chi connectivity index (χ1v) is 27.7. The van der Waals surface area contributed by atoms with Gasteiger partial charge in [0.25, 0.3) is 0 Å². The van der Waals surface area contributed by atoms with Crippen LogP contribution in [0.1, 0.15) is 58.4 Å². The summed E-state index contributed by atoms with van der Waals surface area (Å²) in [6, 6.07) is 101. The number of benzene rings is 12. The predicted molar refractivity (Wildman–Crippen MR) is 325 cm³/mol. The molecule has 0 unspecified atom stereocenters. The average molecular weight is 991 g/mol. The Morgan fingerprint density at radius 2 is 0.526 bits per heavy atom. The van der Waals surface area contributed by atoms with Crippen molar-refractivity contribution in [1.82, 2.24) is 9.13 Å². The molecule has 0 saturated carbocycles. The number of aromatic nitrogens is 2. The maximum Gasteiger partial charge on any atom is 0.0726 e. The van der Waals surface area contributed by atoms with Crippen LogP contribution >= 0.6 is 0 Å². The highest BCUT2D eigenvalue weighted by molar-refractivity contribution is 6.13. The Balaban J connectivity index is 0.00000243. The predicted octanol–water partition coefficient (Wildman–Crippen LogP) is 19.3. The summed E-state index contributed by atoms with van der Waals surface area (Å²) in [7, 11) is 0. The van der Waals surface area contributed by atoms with Gasteiger partial charge in [0.1, 0.15) is 0 Å². The standard InChI is InChI=1S/C74H44N2.C2H6/c1-9-25-61-49(17-1)50-18-2-10-26-62(50)73(61)66-30-14-6-22-54(66)58-43-47(36-38-67(58)73)75-69-31-15-7-23-56(69)59-41-45(33-39-71(59)75)46-34-40-72-60(42-46)57-24-8-16-32-70(57)76(72)48-35-37-55-53-21-5-13-29-65(53)74(68(55)44-48)63-27-11-3-19-51(63)52-20-4-12-28-64(52)74;1-2/h1-44H;1-2H3. The summed E-state index contributed by atoms with van der Waals surface area (Å²) < 4.78 is 4.98. The minimum atomic E-state index is -0.410. The molecule has 0 saturated heterocycles. The SMILES string of the molecule is CC.c1ccc2c(c1)-c1ccccc1C21c2ccccc2-c2cc(-n3c4ccccc4c4cc(-c5ccc6c(c5)c5ccccc5n6-c5ccc6c(c5)C5(c7ccccc7-c7ccccc75)c5ccccc5-6)ccc43)ccc21. The van der Waals surface area contributed by atoms with Gasteiger partial charge in [-0.05, 0) is 161 Å². The number of hydrogen-bond acceptors (Lipinski definition) is 0. The molecule has 4 aliphatic carbocycles. The molecule has 2 aromatic heterocycles. The summed E-state index contributed by atoms with van der Waals surface area (Å²) in [4.78, 5) is 0. The minimum Gasteiger partial charge on any atom is -0.309 e. The van der Waals surface area contributed by atoms with E-state index in [9.17, 15) is 0 Å². The minimum absolute atomic E-state index is 0.368. The van der Waals surface area contributed by atoms with E-state index in [1.54, 1.807) is 0 Å². The van der Waals surface area contributed by atoms with E-state index in [1.807, 2.05) is 13.8 Å². The van der Waals surface area contributed by atoms with Gasteiger partial charge in [-0.25, -0.2) is 0 Å². The molecule has 0 bridgehead atoms. The highest BCUT2D eigenvalue weighted by Crippen LogP contribution is 2.65. The van der Waals surface area contributed by atoms with Crippen molar-refractivity contribution in [1.29, 1.82) is 0 Å². The zero-order chi connectivity index (χ0) is 51.4. The van der Waals surface area contributed by atoms with E-state index >= 15 is 0 Å². The molecule has 78 heavy (non-hydrogen) atoms. The van der Waals surface area contributed by atoms with Crippen LogP contribution in [0.25, 0.3) is 111 Å². The molecule has 14 aromatic rings. The van der Waals surface area contributed by atoms with Crippen LogP contribution in [-0.4, -0.2) is 9.13 Å². The molecule has 2 nitrogen and oxygen atoms in total. The monoisotopic (exact) mass is 990 g/mol. The first kappa shape index (κ1) is 43.5. The summed E-state index contributed by atoms with van der Waals surface area (Å²) in [6.45, 7) is 4.00. The molecule has 0 N–H and O–H groups in total. The van der Waals surface area contributed by atoms with Crippen molar-refractivity contribution in [3.63, 3.8) is 0 Å². The van der Waals surface area contributed by atoms with E-state index in [0.29, 0.717) is 0 Å². The highest BCUT2D eigenvalue weighted by Gasteiger charge is 2.53. The Morgan fingerprint density at radius 1 is 0.218 bits per heavy atom. The second-order valence-corrected chi connectivity index (χ2v) is 21.4. The fourth-order valence-electron chi connectivity index (χ4n) is 15.3. The maximum absolute atomic E-state index is 2.50. The lowest BCUT2D eigenvalue weighted by Gasteiger charge is -2.30. The number of rotatable bonds is 3. The quantitative estimate of drug-likeness (QED) is 0.167. The Labute approximate surface area is 453 Å². The molecule has 0 radical (unpaired) electrons. The van der Waals surface area contributed by atoms with Crippen molar-refractivity contribution in [3.05, 3.63) is 311 Å². The van der Waals surface area contributed by atoms with Crippen LogP contribution in [0.4, 0.5) is 0 Å². The van der Waals surface area contributed by atoms with E-state index < -0.39 is 5.41 Å². The van der Waals surface area contributed by atoms with Gasteiger partial charge in [-0.1, -0.05) is 220 Å². The largest absolute Gasteiger partial charge is 0.309 e. The molecule has 2 heteroatoms. The van der Waals surface area contributed by atoms with Gasteiger partial charge in [-0.15, -0.1) is 0 Å². The van der Waals surface area contributed by atoms with E-state index in [0.717, 1.165) is 0 Å². The molecule has 12 aromatic carbocycles. The van der Waals surface area contributed by atoms with E-state index in [-0.39, 0.29) is 5.41 Å². The third-order valence-electron chi connectivity index (χ3n) is 18.2. The van der Waals surface area contributed by atoms with Gasteiger partial charge in [-0.2, -0.15) is 0 Å². The normalized spacial score (nSPS) is 14.0. The molecular weight excluding hydrogens is 941 g/mol. The maximum atomic E-state index is 2.50. The fraction of sp³-hybridized carbons (Fsp3) is 0.0526. The number of para-hydroxylation sites is 2. The number of nitrogens with zero attached hydrogens (tertiary/aromatic N) is 2. The second kappa shape index (κ2) is 15.9. The van der Waals surface area contributed by atoms with Crippen LogP contribution in [0.2, 0.25) is 0 Å². The van der Waals surface area contributed by atoms with Crippen LogP contribution in [0.15, 0.2) is 267 Å². The summed E-state index contributed by atoms with van der Waals surface area (Å²) in [6.07, 6.45) is 0. The van der Waals surface area contributed by atoms with Gasteiger partial charge in [0, 0.05) is 32.9 Å². The van der Waals surface area contributed by atoms with Crippen molar-refractivity contribution in [3.8, 4) is 67.0 Å². The van der Waals surface area contributed by atoms with Gasteiger partial charge in [-0.3, -0.25) is 0 Å². The summed E-state index contributed by atoms with van der Waals surface area (Å²) in [5.41, 5.74) is 30.2. The Kier molecular flexibility index (Phi) is 8.86. The van der Waals surface area contributed by atoms with Crippen LogP contribution in [-0.2, 0) is 10.8 Å². The zero-order valence-electron chi connectivity index (χ0n) is 43.3. The van der Waals surface area contributed by atoms with Gasteiger partial charge >= 0.3 is 0 Å². The molecule has 364 valence electrons. The first-order valence-electron chi connectivity index (χ1n) is 27.7. The summed E-state index contributed by atoms with van der Waals surface area (Å²) >= 11 is 0. The van der Waals surface area contributed by atoms with Crippen molar-refractivity contribution in [2.75, 3.05) is 0 Å². The van der Waals surface area contributed by atoms with Gasteiger partial charge in [0.05, 0.1) is 32.9 Å². The highest BCUT2D eigenvalue weighted by atomic mass is 15.0. The average Bonchev–Trinajstić information content (AvgIpc) is 3.47. The first-order chi connectivity index (χ1) is 38.7. The zero-order valence-corrected chi connectivity index (χ0v) is 43.3. The Hall–Kier alpha value is -9.76. The lowest BCUT2D eigenvalue weighted by Crippen LogP contribution is -2.26. The van der Waals surface area contributed by atoms with Gasteiger partial charge < -0.3 is 9.13 Å². The smallest absolute Gasteiger partial charge is 0.0726 e. The van der Waals surface area contributed by atoms with E-state index in [1.165, 1.54) is 155 Å². The molecule has 0 fully saturated rings. The van der Waals surface area contributed by atoms with Gasteiger partial charge in [0.15, 0.2) is 0 Å². The van der Waals surface area contributed by atoms with Crippen LogP contribution in [0.5, 0.6) is 0 Å². The number of fused-ring (bicyclic) bond motifs is 26.